The number of nitrogens with two attached hydrogens (primary N) is 1. The molecule has 5 heteroatoms. The van der Waals surface area contributed by atoms with Crippen LogP contribution in [0.25, 0.3) is 11.0 Å². The van der Waals surface area contributed by atoms with Crippen LogP contribution >= 0.6 is 0 Å². The molecular weight excluding hydrogens is 166 g/mol. The van der Waals surface area contributed by atoms with Gasteiger partial charge in [0.15, 0.2) is 0 Å². The predicted molar refractivity (Wildman–Crippen MR) is 51.8 cm³/mol. The van der Waals surface area contributed by atoms with Crippen LogP contribution in [0, 0.1) is 6.92 Å². The van der Waals surface area contributed by atoms with Crippen LogP contribution in [0.2, 0.25) is 0 Å². The van der Waals surface area contributed by atoms with Gasteiger partial charge in [0.25, 0.3) is 0 Å². The first-order chi connectivity index (χ1) is 6.29. The van der Waals surface area contributed by atoms with Crippen LogP contribution in [0.1, 0.15) is 5.56 Å². The number of nitrogens with zero attached hydrogens (tertiary/aromatic N) is 1. The first-order valence-corrected chi connectivity index (χ1v) is 3.97. The molecule has 68 valence electrons. The number of rotatable bonds is 2. The second-order valence-corrected chi connectivity index (χ2v) is 2.88. The molecule has 0 radical (unpaired) electrons. The number of H-pyrrole nitrogens is 1. The molecule has 13 heavy (non-hydrogen) atoms. The second-order valence-electron chi connectivity index (χ2n) is 2.88. The van der Waals surface area contributed by atoms with E-state index in [9.17, 15) is 0 Å². The highest BCUT2D eigenvalue weighted by Crippen LogP contribution is 2.14. The lowest BCUT2D eigenvalue weighted by atomic mass is 10.2. The van der Waals surface area contributed by atoms with E-state index in [-0.39, 0.29) is 0 Å². The average molecular weight is 177 g/mol. The van der Waals surface area contributed by atoms with Crippen molar-refractivity contribution in [2.45, 2.75) is 6.92 Å². The summed E-state index contributed by atoms with van der Waals surface area (Å²) in [5.74, 6) is 5.71. The van der Waals surface area contributed by atoms with Crippen molar-refractivity contribution in [3.63, 3.8) is 0 Å². The molecule has 0 spiro atoms. The SMILES string of the molecule is Cc1ccc2[nH]c(NNN)nc2c1. The van der Waals surface area contributed by atoms with Crippen molar-refractivity contribution >= 4 is 17.0 Å². The van der Waals surface area contributed by atoms with E-state index in [1.54, 1.807) is 0 Å². The molecule has 0 amide bonds. The molecule has 0 atom stereocenters. The Hall–Kier alpha value is -1.59. The Morgan fingerprint density at radius 2 is 2.31 bits per heavy atom. The first kappa shape index (κ1) is 8.03. The van der Waals surface area contributed by atoms with Crippen LogP contribution in [0.4, 0.5) is 5.95 Å². The van der Waals surface area contributed by atoms with Gasteiger partial charge in [-0.05, 0) is 24.6 Å². The lowest BCUT2D eigenvalue weighted by molar-refractivity contribution is 0.859. The molecule has 0 aliphatic heterocycles. The molecule has 1 heterocycles. The monoisotopic (exact) mass is 177 g/mol. The predicted octanol–water partition coefficient (Wildman–Crippen LogP) is 0.662. The maximum atomic E-state index is 5.09. The summed E-state index contributed by atoms with van der Waals surface area (Å²) in [6.07, 6.45) is 0. The zero-order valence-electron chi connectivity index (χ0n) is 7.26. The summed E-state index contributed by atoms with van der Waals surface area (Å²) in [5.41, 5.74) is 8.10. The summed E-state index contributed by atoms with van der Waals surface area (Å²) in [6.45, 7) is 2.03. The van der Waals surface area contributed by atoms with Crippen molar-refractivity contribution in [2.75, 3.05) is 5.43 Å². The Kier molecular flexibility index (Phi) is 1.88. The van der Waals surface area contributed by atoms with Crippen molar-refractivity contribution < 1.29 is 0 Å². The molecule has 2 aromatic rings. The minimum Gasteiger partial charge on any atom is -0.323 e. The second kappa shape index (κ2) is 3.04. The lowest BCUT2D eigenvalue weighted by Crippen LogP contribution is -2.29. The molecule has 0 aliphatic carbocycles. The quantitative estimate of drug-likeness (QED) is 0.401. The molecule has 0 unspecified atom stereocenters. The molecule has 2 rings (SSSR count). The molecule has 1 aromatic heterocycles. The number of hydrogen-bond donors (Lipinski definition) is 4. The van der Waals surface area contributed by atoms with Crippen molar-refractivity contribution in [1.82, 2.24) is 15.5 Å². The van der Waals surface area contributed by atoms with E-state index in [0.29, 0.717) is 5.95 Å². The summed E-state index contributed by atoms with van der Waals surface area (Å²) in [4.78, 5) is 7.31. The standard InChI is InChI=1S/C8H11N5/c1-5-2-3-6-7(4-5)11-8(10-6)12-13-9/h2-4,13H,9H2,1H3,(H2,10,11,12). The number of imidazole rings is 1. The van der Waals surface area contributed by atoms with Crippen LogP contribution in [0.15, 0.2) is 18.2 Å². The number of aryl methyl sites for hydroxylation is 1. The van der Waals surface area contributed by atoms with E-state index in [4.69, 9.17) is 5.84 Å². The van der Waals surface area contributed by atoms with Gasteiger partial charge in [-0.15, -0.1) is 0 Å². The van der Waals surface area contributed by atoms with Crippen molar-refractivity contribution in [1.29, 1.82) is 0 Å². The van der Waals surface area contributed by atoms with Crippen LogP contribution in [0.5, 0.6) is 0 Å². The average Bonchev–Trinajstić information content (AvgIpc) is 2.46. The molecule has 0 fully saturated rings. The summed E-state index contributed by atoms with van der Waals surface area (Å²) in [5, 5.41) is 0. The number of nitrogens with one attached hydrogen (secondary N) is 3. The largest absolute Gasteiger partial charge is 0.323 e. The maximum absolute atomic E-state index is 5.09. The highest BCUT2D eigenvalue weighted by atomic mass is 15.5. The third kappa shape index (κ3) is 1.47. The lowest BCUT2D eigenvalue weighted by Gasteiger charge is -1.95. The fourth-order valence-corrected chi connectivity index (χ4v) is 1.24. The zero-order chi connectivity index (χ0) is 9.26. The molecular formula is C8H11N5. The number of fused-ring (bicyclic) bond motifs is 1. The summed E-state index contributed by atoms with van der Waals surface area (Å²) in [6, 6.07) is 6.02. The number of anilines is 1. The van der Waals surface area contributed by atoms with Gasteiger partial charge in [-0.25, -0.2) is 4.98 Å². The van der Waals surface area contributed by atoms with Crippen LogP contribution in [-0.2, 0) is 0 Å². The van der Waals surface area contributed by atoms with Gasteiger partial charge in [0.1, 0.15) is 0 Å². The molecule has 0 saturated heterocycles. The summed E-state index contributed by atoms with van der Waals surface area (Å²) >= 11 is 0. The van der Waals surface area contributed by atoms with Crippen molar-refractivity contribution in [3.8, 4) is 0 Å². The Morgan fingerprint density at radius 3 is 3.08 bits per heavy atom. The highest BCUT2D eigenvalue weighted by molar-refractivity contribution is 5.78. The van der Waals surface area contributed by atoms with E-state index in [0.717, 1.165) is 11.0 Å². The molecule has 5 nitrogen and oxygen atoms in total. The molecule has 1 aromatic carbocycles. The minimum atomic E-state index is 0.614. The Bertz CT molecular complexity index is 419. The van der Waals surface area contributed by atoms with Gasteiger partial charge in [-0.1, -0.05) is 6.07 Å². The minimum absolute atomic E-state index is 0.614. The summed E-state index contributed by atoms with van der Waals surface area (Å²) in [7, 11) is 0. The van der Waals surface area contributed by atoms with Gasteiger partial charge in [0.2, 0.25) is 5.95 Å². The number of aromatic nitrogens is 2. The van der Waals surface area contributed by atoms with Crippen molar-refractivity contribution in [3.05, 3.63) is 23.8 Å². The van der Waals surface area contributed by atoms with E-state index in [1.807, 2.05) is 25.1 Å². The van der Waals surface area contributed by atoms with E-state index in [2.05, 4.69) is 20.9 Å². The third-order valence-corrected chi connectivity index (χ3v) is 1.83. The smallest absolute Gasteiger partial charge is 0.216 e. The number of benzene rings is 1. The highest BCUT2D eigenvalue weighted by Gasteiger charge is 2.00. The van der Waals surface area contributed by atoms with Crippen LogP contribution in [-0.4, -0.2) is 9.97 Å². The van der Waals surface area contributed by atoms with Gasteiger partial charge in [-0.2, -0.15) is 5.53 Å². The van der Waals surface area contributed by atoms with E-state index >= 15 is 0 Å². The zero-order valence-corrected chi connectivity index (χ0v) is 7.26. The van der Waals surface area contributed by atoms with Gasteiger partial charge >= 0.3 is 0 Å². The Balaban J connectivity index is 2.49. The normalized spacial score (nSPS) is 10.6. The van der Waals surface area contributed by atoms with Gasteiger partial charge in [-0.3, -0.25) is 11.3 Å². The summed E-state index contributed by atoms with van der Waals surface area (Å²) < 4.78 is 0. The van der Waals surface area contributed by atoms with Gasteiger partial charge in [0, 0.05) is 0 Å². The third-order valence-electron chi connectivity index (χ3n) is 1.83. The Labute approximate surface area is 75.3 Å². The first-order valence-electron chi connectivity index (χ1n) is 3.97. The van der Waals surface area contributed by atoms with E-state index < -0.39 is 0 Å². The van der Waals surface area contributed by atoms with Gasteiger partial charge < -0.3 is 4.98 Å². The number of aromatic amines is 1. The topological polar surface area (TPSA) is 78.8 Å². The van der Waals surface area contributed by atoms with Gasteiger partial charge in [0.05, 0.1) is 11.0 Å². The Morgan fingerprint density at radius 1 is 1.46 bits per heavy atom. The fourth-order valence-electron chi connectivity index (χ4n) is 1.24. The van der Waals surface area contributed by atoms with Crippen LogP contribution < -0.4 is 16.8 Å². The maximum Gasteiger partial charge on any atom is 0.216 e. The molecule has 0 bridgehead atoms. The van der Waals surface area contributed by atoms with Crippen LogP contribution in [0.3, 0.4) is 0 Å². The van der Waals surface area contributed by atoms with E-state index in [1.165, 1.54) is 5.56 Å². The fraction of sp³-hybridized carbons (Fsp3) is 0.125. The molecule has 5 N–H and O–H groups in total. The number of hydrazine groups is 2. The molecule has 0 aliphatic rings. The van der Waals surface area contributed by atoms with Crippen molar-refractivity contribution in [2.24, 2.45) is 5.84 Å². The molecule has 0 saturated carbocycles. The number of hydrogen-bond acceptors (Lipinski definition) is 4.